The second-order valence-electron chi connectivity index (χ2n) is 4.87. The highest BCUT2D eigenvalue weighted by atomic mass is 32.1. The predicted octanol–water partition coefficient (Wildman–Crippen LogP) is 4.84. The van der Waals surface area contributed by atoms with E-state index in [4.69, 9.17) is 4.98 Å². The van der Waals surface area contributed by atoms with Gasteiger partial charge in [0, 0.05) is 30.4 Å². The van der Waals surface area contributed by atoms with Gasteiger partial charge in [-0.1, -0.05) is 30.3 Å². The monoisotopic (exact) mass is 303 g/mol. The first-order valence-electron chi connectivity index (χ1n) is 7.00. The molecule has 0 bridgehead atoms. The van der Waals surface area contributed by atoms with Gasteiger partial charge in [0.25, 0.3) is 0 Å². The molecule has 0 aliphatic carbocycles. The molecule has 3 nitrogen and oxygen atoms in total. The summed E-state index contributed by atoms with van der Waals surface area (Å²) in [5.74, 6) is 0. The minimum absolute atomic E-state index is 0.980. The number of pyridine rings is 1. The summed E-state index contributed by atoms with van der Waals surface area (Å²) in [6, 6.07) is 14.5. The number of nitrogens with zero attached hydrogens (tertiary/aromatic N) is 3. The first-order valence-corrected chi connectivity index (χ1v) is 7.88. The molecular formula is C18H13N3S. The van der Waals surface area contributed by atoms with Crippen molar-refractivity contribution in [2.45, 2.75) is 0 Å². The first-order chi connectivity index (χ1) is 10.9. The number of fused-ring (bicyclic) bond motifs is 1. The fourth-order valence-electron chi connectivity index (χ4n) is 2.44. The van der Waals surface area contributed by atoms with Crippen LogP contribution >= 0.6 is 11.3 Å². The highest BCUT2D eigenvalue weighted by Crippen LogP contribution is 2.34. The molecule has 3 heterocycles. The Kier molecular flexibility index (Phi) is 3.29. The highest BCUT2D eigenvalue weighted by Gasteiger charge is 2.12. The molecule has 4 heteroatoms. The van der Waals surface area contributed by atoms with Crippen molar-refractivity contribution in [3.8, 4) is 11.3 Å². The third kappa shape index (κ3) is 2.34. The molecule has 0 saturated carbocycles. The summed E-state index contributed by atoms with van der Waals surface area (Å²) in [4.78, 5) is 11.0. The second-order valence-corrected chi connectivity index (χ2v) is 5.79. The van der Waals surface area contributed by atoms with Crippen LogP contribution in [0.3, 0.4) is 0 Å². The number of hydrogen-bond acceptors (Lipinski definition) is 4. The van der Waals surface area contributed by atoms with E-state index in [1.54, 1.807) is 23.8 Å². The highest BCUT2D eigenvalue weighted by molar-refractivity contribution is 7.17. The van der Waals surface area contributed by atoms with E-state index in [0.717, 1.165) is 22.5 Å². The molecule has 0 atom stereocenters. The maximum absolute atomic E-state index is 4.79. The lowest BCUT2D eigenvalue weighted by Crippen LogP contribution is -2.07. The lowest BCUT2D eigenvalue weighted by Gasteiger charge is -2.16. The van der Waals surface area contributed by atoms with E-state index in [-0.39, 0.29) is 0 Å². The molecule has 1 aromatic carbocycles. The molecule has 2 aromatic heterocycles. The van der Waals surface area contributed by atoms with Crippen molar-refractivity contribution < 1.29 is 0 Å². The number of thiophene rings is 1. The van der Waals surface area contributed by atoms with Crippen molar-refractivity contribution in [2.24, 2.45) is 4.99 Å². The molecule has 0 saturated heterocycles. The van der Waals surface area contributed by atoms with Gasteiger partial charge in [0.1, 0.15) is 0 Å². The van der Waals surface area contributed by atoms with Gasteiger partial charge in [0.05, 0.1) is 21.6 Å². The SMILES string of the molecule is C1=CN(c2cc(-c3ccccc3)nc3ccsc23)C=CN=C1. The minimum atomic E-state index is 0.980. The number of aliphatic imine (C=N–C) groups is 1. The van der Waals surface area contributed by atoms with Gasteiger partial charge in [-0.3, -0.25) is 4.99 Å². The van der Waals surface area contributed by atoms with Gasteiger partial charge in [0.2, 0.25) is 0 Å². The van der Waals surface area contributed by atoms with Crippen molar-refractivity contribution in [1.82, 2.24) is 4.98 Å². The van der Waals surface area contributed by atoms with Crippen LogP contribution in [0.15, 0.2) is 77.5 Å². The zero-order chi connectivity index (χ0) is 14.8. The zero-order valence-corrected chi connectivity index (χ0v) is 12.6. The fraction of sp³-hybridized carbons (Fsp3) is 0. The van der Waals surface area contributed by atoms with Gasteiger partial charge in [-0.25, -0.2) is 4.98 Å². The Labute approximate surface area is 132 Å². The van der Waals surface area contributed by atoms with E-state index >= 15 is 0 Å². The Morgan fingerprint density at radius 2 is 1.91 bits per heavy atom. The number of anilines is 1. The predicted molar refractivity (Wildman–Crippen MR) is 94.3 cm³/mol. The normalized spacial score (nSPS) is 13.7. The van der Waals surface area contributed by atoms with Crippen LogP contribution in [-0.4, -0.2) is 11.2 Å². The van der Waals surface area contributed by atoms with Crippen LogP contribution in [0.2, 0.25) is 0 Å². The van der Waals surface area contributed by atoms with Gasteiger partial charge < -0.3 is 4.90 Å². The maximum Gasteiger partial charge on any atom is 0.0838 e. The molecular weight excluding hydrogens is 290 g/mol. The van der Waals surface area contributed by atoms with Crippen molar-refractivity contribution in [1.29, 1.82) is 0 Å². The summed E-state index contributed by atoms with van der Waals surface area (Å²) in [7, 11) is 0. The number of hydrogen-bond donors (Lipinski definition) is 0. The van der Waals surface area contributed by atoms with Gasteiger partial charge in [-0.05, 0) is 23.6 Å². The number of aromatic nitrogens is 1. The van der Waals surface area contributed by atoms with Gasteiger partial charge >= 0.3 is 0 Å². The summed E-state index contributed by atoms with van der Waals surface area (Å²) in [5.41, 5.74) is 4.24. The standard InChI is InChI=1S/C18H13N3S/c1-2-5-14(6-3-1)16-13-17(18-15(20-16)7-12-22-18)21-10-4-8-19-9-11-21/h1-13H. The summed E-state index contributed by atoms with van der Waals surface area (Å²) < 4.78 is 1.18. The second kappa shape index (κ2) is 5.58. The number of rotatable bonds is 2. The number of benzene rings is 1. The molecule has 4 rings (SSSR count). The van der Waals surface area contributed by atoms with Crippen molar-refractivity contribution in [3.63, 3.8) is 0 Å². The molecule has 1 aliphatic rings. The summed E-state index contributed by atoms with van der Waals surface area (Å²) >= 11 is 1.71. The molecule has 22 heavy (non-hydrogen) atoms. The molecule has 1 aliphatic heterocycles. The van der Waals surface area contributed by atoms with Crippen LogP contribution in [0.4, 0.5) is 5.69 Å². The summed E-state index contributed by atoms with van der Waals surface area (Å²) in [6.07, 6.45) is 9.48. The molecule has 0 unspecified atom stereocenters. The average molecular weight is 303 g/mol. The molecule has 0 amide bonds. The van der Waals surface area contributed by atoms with Gasteiger partial charge in [-0.15, -0.1) is 11.3 Å². The lowest BCUT2D eigenvalue weighted by atomic mass is 10.1. The smallest absolute Gasteiger partial charge is 0.0838 e. The van der Waals surface area contributed by atoms with Crippen LogP contribution in [0.1, 0.15) is 0 Å². The summed E-state index contributed by atoms with van der Waals surface area (Å²) in [5, 5.41) is 2.08. The van der Waals surface area contributed by atoms with E-state index in [1.807, 2.05) is 36.7 Å². The third-order valence-corrected chi connectivity index (χ3v) is 4.40. The Hall–Kier alpha value is -2.72. The van der Waals surface area contributed by atoms with Crippen molar-refractivity contribution >= 4 is 33.5 Å². The fourth-order valence-corrected chi connectivity index (χ4v) is 3.29. The van der Waals surface area contributed by atoms with E-state index in [2.05, 4.69) is 39.5 Å². The largest absolute Gasteiger partial charge is 0.321 e. The zero-order valence-electron chi connectivity index (χ0n) is 11.8. The molecule has 0 radical (unpaired) electrons. The van der Waals surface area contributed by atoms with Crippen LogP contribution in [-0.2, 0) is 0 Å². The number of allylic oxidation sites excluding steroid dienone is 1. The summed E-state index contributed by atoms with van der Waals surface area (Å²) in [6.45, 7) is 0. The van der Waals surface area contributed by atoms with Crippen LogP contribution in [0.25, 0.3) is 21.5 Å². The van der Waals surface area contributed by atoms with Crippen LogP contribution < -0.4 is 4.90 Å². The van der Waals surface area contributed by atoms with E-state index in [9.17, 15) is 0 Å². The topological polar surface area (TPSA) is 28.5 Å². The molecule has 0 spiro atoms. The average Bonchev–Trinajstić information content (AvgIpc) is 2.88. The molecule has 3 aromatic rings. The maximum atomic E-state index is 4.79. The Morgan fingerprint density at radius 1 is 1.00 bits per heavy atom. The molecule has 0 N–H and O–H groups in total. The minimum Gasteiger partial charge on any atom is -0.321 e. The van der Waals surface area contributed by atoms with E-state index in [0.29, 0.717) is 0 Å². The van der Waals surface area contributed by atoms with E-state index < -0.39 is 0 Å². The van der Waals surface area contributed by atoms with Crippen molar-refractivity contribution in [2.75, 3.05) is 4.90 Å². The quantitative estimate of drug-likeness (QED) is 0.677. The van der Waals surface area contributed by atoms with Crippen LogP contribution in [0.5, 0.6) is 0 Å². The molecule has 0 fully saturated rings. The first kappa shape index (κ1) is 13.0. The molecule has 106 valence electrons. The van der Waals surface area contributed by atoms with E-state index in [1.165, 1.54) is 4.70 Å². The Morgan fingerprint density at radius 3 is 2.82 bits per heavy atom. The lowest BCUT2D eigenvalue weighted by molar-refractivity contribution is 1.28. The Bertz CT molecular complexity index is 875. The third-order valence-electron chi connectivity index (χ3n) is 3.47. The van der Waals surface area contributed by atoms with Crippen LogP contribution in [0, 0.1) is 0 Å². The Balaban J connectivity index is 1.91. The van der Waals surface area contributed by atoms with Gasteiger partial charge in [-0.2, -0.15) is 0 Å². The van der Waals surface area contributed by atoms with Crippen molar-refractivity contribution in [3.05, 3.63) is 72.5 Å². The van der Waals surface area contributed by atoms with Gasteiger partial charge in [0.15, 0.2) is 0 Å².